The van der Waals surface area contributed by atoms with Crippen molar-refractivity contribution < 1.29 is 14.3 Å². The highest BCUT2D eigenvalue weighted by molar-refractivity contribution is 7.98. The fourth-order valence-corrected chi connectivity index (χ4v) is 3.93. The molecule has 1 aliphatic heterocycles. The van der Waals surface area contributed by atoms with Crippen LogP contribution in [0, 0.1) is 0 Å². The van der Waals surface area contributed by atoms with Crippen LogP contribution in [0.5, 0.6) is 0 Å². The molecule has 29 heavy (non-hydrogen) atoms. The first-order valence-corrected chi connectivity index (χ1v) is 10.6. The summed E-state index contributed by atoms with van der Waals surface area (Å²) < 4.78 is 5.12. The standard InChI is InChI=1S/C24H25NO3S/c1-24(2)20-7-5-6-8-21(20)25(3)22(24)15-18(26)16-28-23(27)14-11-17-9-12-19(29-4)13-10-17/h5-15H,16H2,1-4H3/b14-11+,22-15-. The van der Waals surface area contributed by atoms with Gasteiger partial charge in [0, 0.05) is 40.9 Å². The molecule has 5 heteroatoms. The van der Waals surface area contributed by atoms with Crippen molar-refractivity contribution in [2.24, 2.45) is 0 Å². The van der Waals surface area contributed by atoms with E-state index in [4.69, 9.17) is 4.74 Å². The summed E-state index contributed by atoms with van der Waals surface area (Å²) in [7, 11) is 1.95. The highest BCUT2D eigenvalue weighted by Gasteiger charge is 2.38. The molecule has 0 unspecified atom stereocenters. The topological polar surface area (TPSA) is 46.6 Å². The fourth-order valence-electron chi connectivity index (χ4n) is 3.52. The van der Waals surface area contributed by atoms with E-state index in [0.29, 0.717) is 0 Å². The summed E-state index contributed by atoms with van der Waals surface area (Å²) in [5.41, 5.74) is 3.77. The average Bonchev–Trinajstić information content (AvgIpc) is 2.92. The van der Waals surface area contributed by atoms with Gasteiger partial charge in [-0.3, -0.25) is 4.79 Å². The Kier molecular flexibility index (Phi) is 6.28. The summed E-state index contributed by atoms with van der Waals surface area (Å²) in [6.45, 7) is 3.90. The number of hydrogen-bond acceptors (Lipinski definition) is 5. The SMILES string of the molecule is CSc1ccc(/C=C/C(=O)OCC(=O)/C=C2\N(C)c3ccccc3C2(C)C)cc1. The molecule has 0 radical (unpaired) electrons. The summed E-state index contributed by atoms with van der Waals surface area (Å²) in [5.74, 6) is -0.771. The second-order valence-corrected chi connectivity index (χ2v) is 8.29. The van der Waals surface area contributed by atoms with Crippen LogP contribution in [0.3, 0.4) is 0 Å². The smallest absolute Gasteiger partial charge is 0.331 e. The Morgan fingerprint density at radius 3 is 2.45 bits per heavy atom. The predicted molar refractivity (Wildman–Crippen MR) is 119 cm³/mol. The molecule has 0 aliphatic carbocycles. The van der Waals surface area contributed by atoms with Gasteiger partial charge in [0.15, 0.2) is 12.4 Å². The van der Waals surface area contributed by atoms with Crippen molar-refractivity contribution in [3.05, 3.63) is 77.5 Å². The third-order valence-corrected chi connectivity index (χ3v) is 5.87. The molecule has 0 saturated carbocycles. The van der Waals surface area contributed by atoms with Crippen molar-refractivity contribution in [1.29, 1.82) is 0 Å². The van der Waals surface area contributed by atoms with Gasteiger partial charge in [0.1, 0.15) is 0 Å². The Hall–Kier alpha value is -2.79. The number of rotatable bonds is 6. The molecule has 0 bridgehead atoms. The lowest BCUT2D eigenvalue weighted by Crippen LogP contribution is -2.25. The first-order valence-electron chi connectivity index (χ1n) is 9.40. The molecule has 2 aromatic carbocycles. The third kappa shape index (κ3) is 4.62. The van der Waals surface area contributed by atoms with Gasteiger partial charge in [-0.05, 0) is 41.7 Å². The minimum Gasteiger partial charge on any atom is -0.454 e. The molecule has 150 valence electrons. The number of benzene rings is 2. The van der Waals surface area contributed by atoms with E-state index < -0.39 is 5.97 Å². The van der Waals surface area contributed by atoms with Crippen molar-refractivity contribution in [2.75, 3.05) is 24.8 Å². The van der Waals surface area contributed by atoms with Gasteiger partial charge in [-0.25, -0.2) is 4.79 Å². The van der Waals surface area contributed by atoms with Crippen LogP contribution in [0.15, 0.2) is 71.3 Å². The summed E-state index contributed by atoms with van der Waals surface area (Å²) in [4.78, 5) is 27.6. The first-order chi connectivity index (χ1) is 13.8. The summed E-state index contributed by atoms with van der Waals surface area (Å²) >= 11 is 1.66. The second-order valence-electron chi connectivity index (χ2n) is 7.41. The molecule has 0 saturated heterocycles. The highest BCUT2D eigenvalue weighted by Crippen LogP contribution is 2.46. The molecule has 0 fully saturated rings. The van der Waals surface area contributed by atoms with E-state index in [2.05, 4.69) is 19.9 Å². The number of thioether (sulfide) groups is 1. The minimum atomic E-state index is -0.534. The van der Waals surface area contributed by atoms with Crippen molar-refractivity contribution in [1.82, 2.24) is 0 Å². The van der Waals surface area contributed by atoms with Gasteiger partial charge in [-0.15, -0.1) is 11.8 Å². The molecule has 3 rings (SSSR count). The molecule has 4 nitrogen and oxygen atoms in total. The molecule has 0 spiro atoms. The van der Waals surface area contributed by atoms with Crippen LogP contribution in [0.2, 0.25) is 0 Å². The zero-order chi connectivity index (χ0) is 21.0. The van der Waals surface area contributed by atoms with E-state index in [9.17, 15) is 9.59 Å². The number of esters is 1. The molecule has 0 atom stereocenters. The van der Waals surface area contributed by atoms with Gasteiger partial charge in [-0.1, -0.05) is 44.2 Å². The van der Waals surface area contributed by atoms with Crippen LogP contribution < -0.4 is 4.90 Å². The first kappa shape index (κ1) is 20.9. The number of hydrogen-bond donors (Lipinski definition) is 0. The number of allylic oxidation sites excluding steroid dienone is 1. The van der Waals surface area contributed by atoms with Gasteiger partial charge in [-0.2, -0.15) is 0 Å². The van der Waals surface area contributed by atoms with Crippen molar-refractivity contribution in [3.63, 3.8) is 0 Å². The molecule has 0 aromatic heterocycles. The number of fused-ring (bicyclic) bond motifs is 1. The normalized spacial score (nSPS) is 16.3. The second kappa shape index (κ2) is 8.70. The number of ketones is 1. The lowest BCUT2D eigenvalue weighted by Gasteiger charge is -2.23. The Bertz CT molecular complexity index is 974. The lowest BCUT2D eigenvalue weighted by atomic mass is 9.83. The summed E-state index contributed by atoms with van der Waals surface area (Å²) in [5, 5.41) is 0. The molecule has 1 aliphatic rings. The zero-order valence-electron chi connectivity index (χ0n) is 17.1. The van der Waals surface area contributed by atoms with E-state index in [1.807, 2.05) is 60.7 Å². The Balaban J connectivity index is 1.60. The minimum absolute atomic E-state index is 0.237. The molecule has 1 heterocycles. The Labute approximate surface area is 176 Å². The molecule has 0 N–H and O–H groups in total. The van der Waals surface area contributed by atoms with Gasteiger partial charge in [0.05, 0.1) is 0 Å². The molecular formula is C24H25NO3S. The van der Waals surface area contributed by atoms with E-state index in [1.54, 1.807) is 23.9 Å². The number of carbonyl (C=O) groups is 2. The fraction of sp³-hybridized carbons (Fsp3) is 0.250. The van der Waals surface area contributed by atoms with Crippen LogP contribution in [0.4, 0.5) is 5.69 Å². The number of para-hydroxylation sites is 1. The number of anilines is 1. The predicted octanol–water partition coefficient (Wildman–Crippen LogP) is 4.85. The average molecular weight is 408 g/mol. The Morgan fingerprint density at radius 1 is 1.10 bits per heavy atom. The van der Waals surface area contributed by atoms with Crippen LogP contribution >= 0.6 is 11.8 Å². The van der Waals surface area contributed by atoms with Crippen LogP contribution in [-0.2, 0) is 19.7 Å². The van der Waals surface area contributed by atoms with Crippen molar-refractivity contribution in [3.8, 4) is 0 Å². The molecular weight excluding hydrogens is 382 g/mol. The van der Waals surface area contributed by atoms with Crippen LogP contribution in [-0.4, -0.2) is 31.7 Å². The summed E-state index contributed by atoms with van der Waals surface area (Å²) in [6, 6.07) is 15.9. The third-order valence-electron chi connectivity index (χ3n) is 5.12. The largest absolute Gasteiger partial charge is 0.454 e. The van der Waals surface area contributed by atoms with Crippen LogP contribution in [0.1, 0.15) is 25.0 Å². The highest BCUT2D eigenvalue weighted by atomic mass is 32.2. The molecule has 0 amide bonds. The number of carbonyl (C=O) groups excluding carboxylic acids is 2. The monoisotopic (exact) mass is 407 g/mol. The van der Waals surface area contributed by atoms with Crippen molar-refractivity contribution >= 4 is 35.3 Å². The number of ether oxygens (including phenoxy) is 1. The number of likely N-dealkylation sites (N-methyl/N-ethyl adjacent to an activating group) is 1. The van der Waals surface area contributed by atoms with Crippen molar-refractivity contribution in [2.45, 2.75) is 24.2 Å². The van der Waals surface area contributed by atoms with Gasteiger partial charge in [0.25, 0.3) is 0 Å². The van der Waals surface area contributed by atoms with E-state index in [0.717, 1.165) is 21.8 Å². The summed E-state index contributed by atoms with van der Waals surface area (Å²) in [6.07, 6.45) is 6.62. The van der Waals surface area contributed by atoms with E-state index in [-0.39, 0.29) is 17.8 Å². The zero-order valence-corrected chi connectivity index (χ0v) is 18.0. The maximum absolute atomic E-state index is 12.4. The maximum Gasteiger partial charge on any atom is 0.331 e. The van der Waals surface area contributed by atoms with Crippen LogP contribution in [0.25, 0.3) is 6.08 Å². The maximum atomic E-state index is 12.4. The quantitative estimate of drug-likeness (QED) is 0.389. The molecule has 2 aromatic rings. The van der Waals surface area contributed by atoms with E-state index in [1.165, 1.54) is 11.6 Å². The van der Waals surface area contributed by atoms with Gasteiger partial charge in [0.2, 0.25) is 0 Å². The van der Waals surface area contributed by atoms with E-state index >= 15 is 0 Å². The number of nitrogens with zero attached hydrogens (tertiary/aromatic N) is 1. The van der Waals surface area contributed by atoms with Gasteiger partial charge >= 0.3 is 5.97 Å². The lowest BCUT2D eigenvalue weighted by molar-refractivity contribution is -0.141. The van der Waals surface area contributed by atoms with Gasteiger partial charge < -0.3 is 9.64 Å². The Morgan fingerprint density at radius 2 is 1.79 bits per heavy atom.